The summed E-state index contributed by atoms with van der Waals surface area (Å²) in [6.07, 6.45) is 1.87. The molecule has 0 aliphatic heterocycles. The Bertz CT molecular complexity index is 638. The number of hydrogen-bond donors (Lipinski definition) is 1. The molecule has 2 rings (SSSR count). The molecular weight excluding hydrogens is 364 g/mol. The molecule has 1 aromatic heterocycles. The number of halogens is 1. The molecule has 0 saturated carbocycles. The zero-order valence-electron chi connectivity index (χ0n) is 12.6. The number of benzene rings is 1. The molecule has 0 radical (unpaired) electrons. The van der Waals surface area contributed by atoms with Crippen LogP contribution in [-0.4, -0.2) is 12.6 Å². The lowest BCUT2D eigenvalue weighted by molar-refractivity contribution is -0.674. The Balaban J connectivity index is 0.00000242. The van der Waals surface area contributed by atoms with Gasteiger partial charge < -0.3 is 21.7 Å². The predicted molar refractivity (Wildman–Crippen MR) is 85.1 cm³/mol. The first-order chi connectivity index (χ1) is 10.2. The van der Waals surface area contributed by atoms with Crippen molar-refractivity contribution in [2.75, 3.05) is 11.9 Å². The predicted octanol–water partition coefficient (Wildman–Crippen LogP) is 0.454. The van der Waals surface area contributed by atoms with E-state index < -0.39 is 0 Å². The maximum absolute atomic E-state index is 11.6. The molecule has 0 bridgehead atoms. The summed E-state index contributed by atoms with van der Waals surface area (Å²) in [6, 6.07) is 7.27. The minimum absolute atomic E-state index is 0. The van der Waals surface area contributed by atoms with Gasteiger partial charge in [-0.2, -0.15) is 0 Å². The second-order valence-corrected chi connectivity index (χ2v) is 5.36. The van der Waals surface area contributed by atoms with Gasteiger partial charge >= 0.3 is 11.1 Å². The van der Waals surface area contributed by atoms with Crippen molar-refractivity contribution in [1.82, 2.24) is 0 Å². The van der Waals surface area contributed by atoms with Crippen LogP contribution in [0.5, 0.6) is 0 Å². The number of aromatic nitrogens is 1. The van der Waals surface area contributed by atoms with Crippen LogP contribution in [0.3, 0.4) is 0 Å². The molecule has 0 atom stereocenters. The number of nitrogens with one attached hydrogen (secondary N) is 1. The average Bonchev–Trinajstić information content (AvgIpc) is 2.82. The number of carbonyl (C=O) groups is 1. The number of hydrogen-bond acceptors (Lipinski definition) is 4. The van der Waals surface area contributed by atoms with E-state index in [1.165, 1.54) is 5.69 Å². The fourth-order valence-electron chi connectivity index (χ4n) is 1.91. The SMILES string of the molecule is C=CC[n+]1c(C)csc1Nc1ccc(C(=O)OCC)cc1.[Br-]. The van der Waals surface area contributed by atoms with Gasteiger partial charge in [-0.25, -0.2) is 14.7 Å². The molecule has 1 N–H and O–H groups in total. The summed E-state index contributed by atoms with van der Waals surface area (Å²) >= 11 is 1.64. The Morgan fingerprint density at radius 3 is 2.68 bits per heavy atom. The van der Waals surface area contributed by atoms with Crippen molar-refractivity contribution >= 4 is 28.1 Å². The Hall–Kier alpha value is -1.66. The van der Waals surface area contributed by atoms with Crippen molar-refractivity contribution in [3.8, 4) is 0 Å². The van der Waals surface area contributed by atoms with Crippen molar-refractivity contribution in [2.24, 2.45) is 0 Å². The maximum Gasteiger partial charge on any atom is 0.339 e. The van der Waals surface area contributed by atoms with Crippen molar-refractivity contribution in [3.05, 3.63) is 53.6 Å². The van der Waals surface area contributed by atoms with E-state index in [1.807, 2.05) is 18.2 Å². The van der Waals surface area contributed by atoms with E-state index in [0.29, 0.717) is 12.2 Å². The summed E-state index contributed by atoms with van der Waals surface area (Å²) in [7, 11) is 0. The highest BCUT2D eigenvalue weighted by atomic mass is 79.9. The third-order valence-corrected chi connectivity index (χ3v) is 3.98. The maximum atomic E-state index is 11.6. The van der Waals surface area contributed by atoms with Crippen LogP contribution in [0.25, 0.3) is 0 Å². The zero-order valence-corrected chi connectivity index (χ0v) is 15.0. The van der Waals surface area contributed by atoms with Gasteiger partial charge in [-0.15, -0.1) is 0 Å². The molecular formula is C16H19BrN2O2S. The number of carbonyl (C=O) groups excluding carboxylic acids is 1. The van der Waals surface area contributed by atoms with Crippen LogP contribution >= 0.6 is 11.3 Å². The van der Waals surface area contributed by atoms with Gasteiger partial charge in [-0.3, -0.25) is 0 Å². The number of allylic oxidation sites excluding steroid dienone is 1. The second-order valence-electron chi connectivity index (χ2n) is 4.50. The summed E-state index contributed by atoms with van der Waals surface area (Å²) in [4.78, 5) is 11.6. The second kappa shape index (κ2) is 8.70. The van der Waals surface area contributed by atoms with E-state index in [4.69, 9.17) is 4.74 Å². The lowest BCUT2D eigenvalue weighted by Gasteiger charge is -2.03. The molecule has 118 valence electrons. The summed E-state index contributed by atoms with van der Waals surface area (Å²) in [5.41, 5.74) is 2.68. The molecule has 6 heteroatoms. The Morgan fingerprint density at radius 2 is 2.09 bits per heavy atom. The number of ether oxygens (including phenoxy) is 1. The third-order valence-electron chi connectivity index (χ3n) is 2.97. The van der Waals surface area contributed by atoms with E-state index in [0.717, 1.165) is 17.4 Å². The Kier molecular flexibility index (Phi) is 7.27. The van der Waals surface area contributed by atoms with Crippen LogP contribution < -0.4 is 26.9 Å². The van der Waals surface area contributed by atoms with Crippen LogP contribution in [0, 0.1) is 6.92 Å². The lowest BCUT2D eigenvalue weighted by Crippen LogP contribution is -3.00. The molecule has 0 aliphatic carbocycles. The lowest BCUT2D eigenvalue weighted by atomic mass is 10.2. The van der Waals surface area contributed by atoms with E-state index in [9.17, 15) is 4.79 Å². The highest BCUT2D eigenvalue weighted by Crippen LogP contribution is 2.20. The molecule has 4 nitrogen and oxygen atoms in total. The smallest absolute Gasteiger partial charge is 0.339 e. The summed E-state index contributed by atoms with van der Waals surface area (Å²) in [5, 5.41) is 6.49. The van der Waals surface area contributed by atoms with Gasteiger partial charge in [0.15, 0.2) is 0 Å². The van der Waals surface area contributed by atoms with Crippen LogP contribution in [0.2, 0.25) is 0 Å². The topological polar surface area (TPSA) is 42.2 Å². The van der Waals surface area contributed by atoms with Crippen molar-refractivity contribution < 1.29 is 31.1 Å². The summed E-state index contributed by atoms with van der Waals surface area (Å²) < 4.78 is 7.12. The molecule has 0 unspecified atom stereocenters. The van der Waals surface area contributed by atoms with Crippen LogP contribution in [-0.2, 0) is 11.3 Å². The van der Waals surface area contributed by atoms with E-state index in [1.54, 1.807) is 30.4 Å². The van der Waals surface area contributed by atoms with Gasteiger partial charge in [0.2, 0.25) is 0 Å². The zero-order chi connectivity index (χ0) is 15.2. The van der Waals surface area contributed by atoms with Gasteiger partial charge in [0.25, 0.3) is 0 Å². The summed E-state index contributed by atoms with van der Waals surface area (Å²) in [6.45, 7) is 8.79. The molecule has 0 amide bonds. The van der Waals surface area contributed by atoms with E-state index in [-0.39, 0.29) is 23.0 Å². The highest BCUT2D eigenvalue weighted by Gasteiger charge is 2.15. The Labute approximate surface area is 145 Å². The third kappa shape index (κ3) is 4.42. The first kappa shape index (κ1) is 18.4. The first-order valence-corrected chi connectivity index (χ1v) is 7.66. The van der Waals surface area contributed by atoms with Gasteiger partial charge in [-0.05, 0) is 38.1 Å². The number of nitrogens with zero attached hydrogens (tertiary/aromatic N) is 1. The molecule has 1 aromatic carbocycles. The number of anilines is 2. The van der Waals surface area contributed by atoms with E-state index in [2.05, 4.69) is 28.8 Å². The number of rotatable bonds is 6. The van der Waals surface area contributed by atoms with Crippen LogP contribution in [0.15, 0.2) is 42.3 Å². The fourth-order valence-corrected chi connectivity index (χ4v) is 2.84. The minimum atomic E-state index is -0.294. The van der Waals surface area contributed by atoms with Crippen LogP contribution in [0.4, 0.5) is 10.8 Å². The monoisotopic (exact) mass is 382 g/mol. The first-order valence-electron chi connectivity index (χ1n) is 6.78. The normalized spacial score (nSPS) is 9.73. The molecule has 2 aromatic rings. The number of esters is 1. The minimum Gasteiger partial charge on any atom is -1.00 e. The van der Waals surface area contributed by atoms with Crippen molar-refractivity contribution in [3.63, 3.8) is 0 Å². The molecule has 22 heavy (non-hydrogen) atoms. The van der Waals surface area contributed by atoms with Crippen molar-refractivity contribution in [1.29, 1.82) is 0 Å². The Morgan fingerprint density at radius 1 is 1.41 bits per heavy atom. The largest absolute Gasteiger partial charge is 1.00 e. The van der Waals surface area contributed by atoms with Gasteiger partial charge in [0.05, 0.1) is 12.2 Å². The average molecular weight is 383 g/mol. The number of thiazole rings is 1. The van der Waals surface area contributed by atoms with E-state index >= 15 is 0 Å². The fraction of sp³-hybridized carbons (Fsp3) is 0.250. The van der Waals surface area contributed by atoms with Gasteiger partial charge in [0, 0.05) is 5.38 Å². The van der Waals surface area contributed by atoms with Crippen molar-refractivity contribution in [2.45, 2.75) is 20.4 Å². The standard InChI is InChI=1S/C16H18N2O2S.BrH/c1-4-10-18-12(3)11-21-16(18)17-14-8-6-13(7-9-14)15(19)20-5-2;/h4,6-9,11H,1,5,10H2,2-3H3;1H. The quantitative estimate of drug-likeness (QED) is 0.448. The van der Waals surface area contributed by atoms with Gasteiger partial charge in [0.1, 0.15) is 17.9 Å². The molecule has 0 spiro atoms. The summed E-state index contributed by atoms with van der Waals surface area (Å²) in [5.74, 6) is -0.294. The highest BCUT2D eigenvalue weighted by molar-refractivity contribution is 7.13. The van der Waals surface area contributed by atoms with Gasteiger partial charge in [-0.1, -0.05) is 24.0 Å². The molecule has 0 aliphatic rings. The molecule has 0 fully saturated rings. The van der Waals surface area contributed by atoms with Crippen LogP contribution in [0.1, 0.15) is 23.0 Å². The molecule has 0 saturated heterocycles. The number of aryl methyl sites for hydroxylation is 1. The molecule has 1 heterocycles.